The fourth-order valence-corrected chi connectivity index (χ4v) is 3.90. The second-order valence-corrected chi connectivity index (χ2v) is 7.58. The second-order valence-electron chi connectivity index (χ2n) is 6.37. The number of fused-ring (bicyclic) bond motifs is 1. The Balaban J connectivity index is 1.66. The summed E-state index contributed by atoms with van der Waals surface area (Å²) in [5, 5.41) is 8.99. The molecule has 0 spiro atoms. The number of anilines is 1. The first-order valence-corrected chi connectivity index (χ1v) is 9.46. The van der Waals surface area contributed by atoms with Gasteiger partial charge >= 0.3 is 0 Å². The number of aryl methyl sites for hydroxylation is 3. The van der Waals surface area contributed by atoms with Gasteiger partial charge in [0.2, 0.25) is 5.91 Å². The van der Waals surface area contributed by atoms with E-state index in [9.17, 15) is 4.79 Å². The number of amides is 1. The molecule has 3 heterocycles. The highest BCUT2D eigenvalue weighted by molar-refractivity contribution is 7.15. The van der Waals surface area contributed by atoms with Gasteiger partial charge in [-0.2, -0.15) is 5.10 Å². The molecule has 4 rings (SSSR count). The van der Waals surface area contributed by atoms with Crippen LogP contribution in [0.4, 0.5) is 5.13 Å². The van der Waals surface area contributed by atoms with Gasteiger partial charge in [0.25, 0.3) is 0 Å². The standard InChI is InChI=1S/C20H19N5OS/c1-12-14(3)27-20(22-12)23-17(26)11-25-19-18(13(2)24-25)16(9-10-21-19)15-7-5-4-6-8-15/h4-10H,11H2,1-3H3,(H,22,23,26). The van der Waals surface area contributed by atoms with Crippen LogP contribution < -0.4 is 5.32 Å². The summed E-state index contributed by atoms with van der Waals surface area (Å²) in [4.78, 5) is 22.4. The van der Waals surface area contributed by atoms with Crippen LogP contribution in [0, 0.1) is 20.8 Å². The molecule has 0 unspecified atom stereocenters. The van der Waals surface area contributed by atoms with Crippen molar-refractivity contribution in [2.24, 2.45) is 0 Å². The minimum Gasteiger partial charge on any atom is -0.300 e. The normalized spacial score (nSPS) is 11.1. The first kappa shape index (κ1) is 17.4. The molecule has 0 fully saturated rings. The fraction of sp³-hybridized carbons (Fsp3) is 0.200. The lowest BCUT2D eigenvalue weighted by atomic mass is 10.0. The van der Waals surface area contributed by atoms with Crippen molar-refractivity contribution in [1.29, 1.82) is 0 Å². The Bertz CT molecular complexity index is 1110. The number of carbonyl (C=O) groups excluding carboxylic acids is 1. The molecular weight excluding hydrogens is 358 g/mol. The predicted molar refractivity (Wildman–Crippen MR) is 108 cm³/mol. The molecule has 27 heavy (non-hydrogen) atoms. The van der Waals surface area contributed by atoms with E-state index in [1.165, 1.54) is 11.3 Å². The molecule has 1 N–H and O–H groups in total. The summed E-state index contributed by atoms with van der Waals surface area (Å²) in [6.45, 7) is 5.95. The third kappa shape index (κ3) is 3.33. The third-order valence-electron chi connectivity index (χ3n) is 4.46. The Morgan fingerprint density at radius 1 is 1.11 bits per heavy atom. The zero-order chi connectivity index (χ0) is 19.0. The largest absolute Gasteiger partial charge is 0.300 e. The highest BCUT2D eigenvalue weighted by Gasteiger charge is 2.16. The van der Waals surface area contributed by atoms with Gasteiger partial charge in [0.05, 0.1) is 11.4 Å². The predicted octanol–water partition coefficient (Wildman–Crippen LogP) is 4.12. The average molecular weight is 377 g/mol. The van der Waals surface area contributed by atoms with Crippen LogP contribution in [-0.4, -0.2) is 25.7 Å². The van der Waals surface area contributed by atoms with Gasteiger partial charge in [0, 0.05) is 16.5 Å². The summed E-state index contributed by atoms with van der Waals surface area (Å²) < 4.78 is 1.65. The maximum Gasteiger partial charge on any atom is 0.247 e. The third-order valence-corrected chi connectivity index (χ3v) is 5.45. The van der Waals surface area contributed by atoms with Gasteiger partial charge in [-0.25, -0.2) is 14.6 Å². The summed E-state index contributed by atoms with van der Waals surface area (Å²) in [6, 6.07) is 12.1. The molecule has 0 bridgehead atoms. The number of benzene rings is 1. The van der Waals surface area contributed by atoms with Gasteiger partial charge in [0.15, 0.2) is 10.8 Å². The monoisotopic (exact) mass is 377 g/mol. The maximum absolute atomic E-state index is 12.5. The number of nitrogens with one attached hydrogen (secondary N) is 1. The molecule has 3 aromatic heterocycles. The van der Waals surface area contributed by atoms with Crippen LogP contribution in [0.15, 0.2) is 42.6 Å². The Morgan fingerprint density at radius 2 is 1.89 bits per heavy atom. The number of thiazole rings is 1. The highest BCUT2D eigenvalue weighted by atomic mass is 32.1. The Hall–Kier alpha value is -3.06. The van der Waals surface area contributed by atoms with Gasteiger partial charge in [-0.1, -0.05) is 30.3 Å². The number of nitrogens with zero attached hydrogens (tertiary/aromatic N) is 4. The summed E-state index contributed by atoms with van der Waals surface area (Å²) in [6.07, 6.45) is 1.76. The first-order chi connectivity index (χ1) is 13.0. The average Bonchev–Trinajstić information content (AvgIpc) is 3.14. The smallest absolute Gasteiger partial charge is 0.247 e. The lowest BCUT2D eigenvalue weighted by Gasteiger charge is -2.05. The second kappa shape index (κ2) is 6.92. The van der Waals surface area contributed by atoms with Crippen molar-refractivity contribution < 1.29 is 4.79 Å². The lowest BCUT2D eigenvalue weighted by Crippen LogP contribution is -2.19. The summed E-state index contributed by atoms with van der Waals surface area (Å²) in [5.41, 5.74) is 4.66. The Labute approximate surface area is 160 Å². The molecule has 1 amide bonds. The van der Waals surface area contributed by atoms with Crippen LogP contribution in [-0.2, 0) is 11.3 Å². The van der Waals surface area contributed by atoms with Crippen LogP contribution in [0.1, 0.15) is 16.3 Å². The zero-order valence-corrected chi connectivity index (χ0v) is 16.2. The van der Waals surface area contributed by atoms with E-state index in [0.29, 0.717) is 10.8 Å². The van der Waals surface area contributed by atoms with Gasteiger partial charge in [0.1, 0.15) is 6.54 Å². The molecule has 0 aliphatic rings. The minimum atomic E-state index is -0.167. The molecule has 0 radical (unpaired) electrons. The molecule has 0 aliphatic heterocycles. The maximum atomic E-state index is 12.5. The molecular formula is C20H19N5OS. The van der Waals surface area contributed by atoms with E-state index in [-0.39, 0.29) is 12.5 Å². The number of carbonyl (C=O) groups is 1. The fourth-order valence-electron chi connectivity index (χ4n) is 3.07. The van der Waals surface area contributed by atoms with E-state index in [1.54, 1.807) is 10.9 Å². The van der Waals surface area contributed by atoms with E-state index in [2.05, 4.69) is 32.5 Å². The van der Waals surface area contributed by atoms with E-state index in [4.69, 9.17) is 0 Å². The van der Waals surface area contributed by atoms with Crippen molar-refractivity contribution >= 4 is 33.4 Å². The van der Waals surface area contributed by atoms with Crippen LogP contribution >= 0.6 is 11.3 Å². The van der Waals surface area contributed by atoms with Crippen LogP contribution in [0.5, 0.6) is 0 Å². The molecule has 136 valence electrons. The van der Waals surface area contributed by atoms with Crippen molar-refractivity contribution in [2.45, 2.75) is 27.3 Å². The minimum absolute atomic E-state index is 0.0905. The van der Waals surface area contributed by atoms with Crippen molar-refractivity contribution in [1.82, 2.24) is 19.7 Å². The topological polar surface area (TPSA) is 72.7 Å². The molecule has 0 aliphatic carbocycles. The van der Waals surface area contributed by atoms with Crippen LogP contribution in [0.3, 0.4) is 0 Å². The van der Waals surface area contributed by atoms with E-state index < -0.39 is 0 Å². The molecule has 0 saturated heterocycles. The van der Waals surface area contributed by atoms with Crippen molar-refractivity contribution in [3.63, 3.8) is 0 Å². The van der Waals surface area contributed by atoms with Gasteiger partial charge < -0.3 is 5.32 Å². The van der Waals surface area contributed by atoms with Crippen molar-refractivity contribution in [3.8, 4) is 11.1 Å². The molecule has 6 nitrogen and oxygen atoms in total. The van der Waals surface area contributed by atoms with Crippen LogP contribution in [0.2, 0.25) is 0 Å². The number of rotatable bonds is 4. The molecule has 1 aromatic carbocycles. The lowest BCUT2D eigenvalue weighted by molar-refractivity contribution is -0.116. The number of hydrogen-bond acceptors (Lipinski definition) is 5. The summed E-state index contributed by atoms with van der Waals surface area (Å²) in [5.74, 6) is -0.167. The number of pyridine rings is 1. The van der Waals surface area contributed by atoms with E-state index >= 15 is 0 Å². The molecule has 7 heteroatoms. The quantitative estimate of drug-likeness (QED) is 0.581. The Morgan fingerprint density at radius 3 is 2.59 bits per heavy atom. The molecule has 0 saturated carbocycles. The SMILES string of the molecule is Cc1nc(NC(=O)Cn2nc(C)c3c(-c4ccccc4)ccnc32)sc1C. The van der Waals surface area contributed by atoms with Gasteiger partial charge in [-0.05, 0) is 38.0 Å². The summed E-state index contributed by atoms with van der Waals surface area (Å²) in [7, 11) is 0. The Kier molecular flexibility index (Phi) is 4.45. The number of hydrogen-bond donors (Lipinski definition) is 1. The molecule has 0 atom stereocenters. The zero-order valence-electron chi connectivity index (χ0n) is 15.4. The number of aromatic nitrogens is 4. The van der Waals surface area contributed by atoms with Gasteiger partial charge in [-0.3, -0.25) is 4.79 Å². The van der Waals surface area contributed by atoms with Gasteiger partial charge in [-0.15, -0.1) is 11.3 Å². The first-order valence-electron chi connectivity index (χ1n) is 8.64. The van der Waals surface area contributed by atoms with Crippen molar-refractivity contribution in [2.75, 3.05) is 5.32 Å². The van der Waals surface area contributed by atoms with Crippen molar-refractivity contribution in [3.05, 3.63) is 58.9 Å². The summed E-state index contributed by atoms with van der Waals surface area (Å²) >= 11 is 1.47. The van der Waals surface area contributed by atoms with E-state index in [0.717, 1.165) is 32.8 Å². The highest BCUT2D eigenvalue weighted by Crippen LogP contribution is 2.29. The van der Waals surface area contributed by atoms with E-state index in [1.807, 2.05) is 45.0 Å². The molecule has 4 aromatic rings. The van der Waals surface area contributed by atoms with Crippen LogP contribution in [0.25, 0.3) is 22.2 Å².